The Hall–Kier alpha value is -1.60. The molecule has 1 heterocycles. The molecular formula is C18H30N4O3. The summed E-state index contributed by atoms with van der Waals surface area (Å²) in [6, 6.07) is -1.09. The number of likely N-dealkylation sites (tertiary alicyclic amines) is 1. The SMILES string of the molecule is N/C(=C\N(N)C(C(=O)N1C[C@H](O)C[C@H]1C=O)C1CCCCC1)C1CC1. The lowest BCUT2D eigenvalue weighted by atomic mass is 9.83. The number of hydrogen-bond donors (Lipinski definition) is 3. The lowest BCUT2D eigenvalue weighted by Crippen LogP contribution is -2.55. The van der Waals surface area contributed by atoms with Gasteiger partial charge in [-0.15, -0.1) is 0 Å². The smallest absolute Gasteiger partial charge is 0.247 e. The van der Waals surface area contributed by atoms with Gasteiger partial charge in [-0.1, -0.05) is 19.3 Å². The first kappa shape index (κ1) is 18.2. The van der Waals surface area contributed by atoms with E-state index < -0.39 is 18.2 Å². The number of hydrazine groups is 1. The molecule has 0 radical (unpaired) electrons. The largest absolute Gasteiger partial charge is 0.401 e. The summed E-state index contributed by atoms with van der Waals surface area (Å²) < 4.78 is 0. The van der Waals surface area contributed by atoms with Gasteiger partial charge in [0.2, 0.25) is 5.91 Å². The van der Waals surface area contributed by atoms with Crippen LogP contribution in [0.5, 0.6) is 0 Å². The maximum absolute atomic E-state index is 13.2. The van der Waals surface area contributed by atoms with E-state index in [4.69, 9.17) is 11.6 Å². The van der Waals surface area contributed by atoms with Crippen molar-refractivity contribution in [2.24, 2.45) is 23.4 Å². The fourth-order valence-corrected chi connectivity index (χ4v) is 4.19. The Morgan fingerprint density at radius 3 is 2.48 bits per heavy atom. The summed E-state index contributed by atoms with van der Waals surface area (Å²) >= 11 is 0. The predicted octanol–water partition coefficient (Wildman–Crippen LogP) is 0.482. The van der Waals surface area contributed by atoms with E-state index in [9.17, 15) is 14.7 Å². The quantitative estimate of drug-likeness (QED) is 0.365. The van der Waals surface area contributed by atoms with Gasteiger partial charge >= 0.3 is 0 Å². The highest BCUT2D eigenvalue weighted by Gasteiger charge is 2.42. The van der Waals surface area contributed by atoms with Gasteiger partial charge in [-0.05, 0) is 31.6 Å². The van der Waals surface area contributed by atoms with Crippen molar-refractivity contribution in [1.29, 1.82) is 0 Å². The number of nitrogens with two attached hydrogens (primary N) is 2. The normalized spacial score (nSPS) is 29.5. The van der Waals surface area contributed by atoms with Gasteiger partial charge in [0.1, 0.15) is 12.3 Å². The second-order valence-electron chi connectivity index (χ2n) is 7.78. The zero-order valence-corrected chi connectivity index (χ0v) is 14.7. The van der Waals surface area contributed by atoms with Gasteiger partial charge in [0.25, 0.3) is 0 Å². The van der Waals surface area contributed by atoms with Gasteiger partial charge in [0.15, 0.2) is 0 Å². The van der Waals surface area contributed by atoms with Gasteiger partial charge in [0.05, 0.1) is 12.1 Å². The zero-order chi connectivity index (χ0) is 18.0. The Morgan fingerprint density at radius 1 is 1.20 bits per heavy atom. The van der Waals surface area contributed by atoms with Gasteiger partial charge < -0.3 is 25.5 Å². The highest BCUT2D eigenvalue weighted by Crippen LogP contribution is 2.35. The Kier molecular flexibility index (Phi) is 5.64. The van der Waals surface area contributed by atoms with Crippen LogP contribution in [0.3, 0.4) is 0 Å². The summed E-state index contributed by atoms with van der Waals surface area (Å²) in [6.45, 7) is 0.196. The third-order valence-electron chi connectivity index (χ3n) is 5.78. The molecule has 140 valence electrons. The van der Waals surface area contributed by atoms with Crippen LogP contribution in [0.4, 0.5) is 0 Å². The molecule has 0 bridgehead atoms. The number of hydrogen-bond acceptors (Lipinski definition) is 6. The number of carbonyl (C=O) groups excluding carboxylic acids is 2. The molecule has 1 amide bonds. The average molecular weight is 350 g/mol. The third-order valence-corrected chi connectivity index (χ3v) is 5.78. The van der Waals surface area contributed by atoms with Crippen molar-refractivity contribution in [1.82, 2.24) is 9.91 Å². The highest BCUT2D eigenvalue weighted by atomic mass is 16.3. The van der Waals surface area contributed by atoms with Crippen LogP contribution in [0.1, 0.15) is 51.4 Å². The Morgan fingerprint density at radius 2 is 1.88 bits per heavy atom. The van der Waals surface area contributed by atoms with Crippen LogP contribution in [0, 0.1) is 11.8 Å². The number of allylic oxidation sites excluding steroid dienone is 1. The summed E-state index contributed by atoms with van der Waals surface area (Å²) in [6.07, 6.45) is 9.51. The van der Waals surface area contributed by atoms with E-state index in [1.54, 1.807) is 6.20 Å². The number of rotatable bonds is 6. The van der Waals surface area contributed by atoms with Crippen LogP contribution in [-0.4, -0.2) is 51.9 Å². The molecule has 0 aromatic rings. The maximum atomic E-state index is 13.2. The molecule has 3 fully saturated rings. The molecule has 0 spiro atoms. The Balaban J connectivity index is 1.80. The van der Waals surface area contributed by atoms with Crippen molar-refractivity contribution < 1.29 is 14.7 Å². The van der Waals surface area contributed by atoms with Crippen molar-refractivity contribution in [2.45, 2.75) is 69.6 Å². The minimum atomic E-state index is -0.649. The van der Waals surface area contributed by atoms with Crippen LogP contribution in [0.2, 0.25) is 0 Å². The first-order valence-corrected chi connectivity index (χ1v) is 9.45. The van der Waals surface area contributed by atoms with Crippen LogP contribution >= 0.6 is 0 Å². The molecule has 1 aliphatic heterocycles. The molecule has 3 rings (SSSR count). The molecule has 1 unspecified atom stereocenters. The first-order valence-electron chi connectivity index (χ1n) is 9.45. The summed E-state index contributed by atoms with van der Waals surface area (Å²) in [5.41, 5.74) is 6.82. The minimum Gasteiger partial charge on any atom is -0.401 e. The first-order chi connectivity index (χ1) is 12.0. The van der Waals surface area contributed by atoms with Crippen molar-refractivity contribution in [2.75, 3.05) is 6.54 Å². The second kappa shape index (κ2) is 7.74. The fourth-order valence-electron chi connectivity index (χ4n) is 4.19. The predicted molar refractivity (Wildman–Crippen MR) is 93.6 cm³/mol. The van der Waals surface area contributed by atoms with Crippen LogP contribution in [0.15, 0.2) is 11.9 Å². The number of aliphatic hydroxyl groups excluding tert-OH is 1. The van der Waals surface area contributed by atoms with Crippen molar-refractivity contribution in [3.8, 4) is 0 Å². The number of aliphatic hydroxyl groups is 1. The maximum Gasteiger partial charge on any atom is 0.247 e. The highest BCUT2D eigenvalue weighted by molar-refractivity contribution is 5.85. The van der Waals surface area contributed by atoms with Crippen molar-refractivity contribution in [3.63, 3.8) is 0 Å². The summed E-state index contributed by atoms with van der Waals surface area (Å²) in [5, 5.41) is 11.3. The van der Waals surface area contributed by atoms with E-state index >= 15 is 0 Å². The van der Waals surface area contributed by atoms with E-state index in [1.165, 1.54) is 16.3 Å². The van der Waals surface area contributed by atoms with Gasteiger partial charge in [0, 0.05) is 30.8 Å². The number of β-amino-alcohol motifs (C(OH)–C–C–N with tert-alkyl or cyclic N) is 1. The molecule has 1 saturated heterocycles. The Labute approximate surface area is 149 Å². The second-order valence-corrected chi connectivity index (χ2v) is 7.78. The van der Waals surface area contributed by atoms with Crippen molar-refractivity contribution in [3.05, 3.63) is 11.9 Å². The van der Waals surface area contributed by atoms with Crippen molar-refractivity contribution >= 4 is 12.2 Å². The molecule has 2 saturated carbocycles. The average Bonchev–Trinajstić information content (AvgIpc) is 3.38. The number of carbonyl (C=O) groups is 2. The van der Waals surface area contributed by atoms with E-state index in [-0.39, 0.29) is 18.4 Å². The van der Waals surface area contributed by atoms with Crippen LogP contribution in [-0.2, 0) is 9.59 Å². The molecule has 3 aliphatic rings. The molecule has 0 aromatic heterocycles. The Bertz CT molecular complexity index is 528. The lowest BCUT2D eigenvalue weighted by Gasteiger charge is -2.37. The minimum absolute atomic E-state index is 0.152. The zero-order valence-electron chi connectivity index (χ0n) is 14.7. The third kappa shape index (κ3) is 4.15. The topological polar surface area (TPSA) is 113 Å². The summed E-state index contributed by atoms with van der Waals surface area (Å²) in [4.78, 5) is 26.1. The summed E-state index contributed by atoms with van der Waals surface area (Å²) in [7, 11) is 0. The van der Waals surface area contributed by atoms with Crippen LogP contribution in [0.25, 0.3) is 0 Å². The number of nitrogens with zero attached hydrogens (tertiary/aromatic N) is 2. The van der Waals surface area contributed by atoms with Gasteiger partial charge in [-0.2, -0.15) is 0 Å². The van der Waals surface area contributed by atoms with Gasteiger partial charge in [-0.3, -0.25) is 4.79 Å². The molecule has 5 N–H and O–H groups in total. The molecule has 2 aliphatic carbocycles. The van der Waals surface area contributed by atoms with E-state index in [1.807, 2.05) is 0 Å². The molecule has 7 nitrogen and oxygen atoms in total. The molecule has 0 aromatic carbocycles. The fraction of sp³-hybridized carbons (Fsp3) is 0.778. The van der Waals surface area contributed by atoms with Crippen LogP contribution < -0.4 is 11.6 Å². The van der Waals surface area contributed by atoms with Gasteiger partial charge in [-0.25, -0.2) is 5.84 Å². The monoisotopic (exact) mass is 350 g/mol. The lowest BCUT2D eigenvalue weighted by molar-refractivity contribution is -0.141. The van der Waals surface area contributed by atoms with E-state index in [2.05, 4.69) is 0 Å². The number of amides is 1. The molecule has 7 heteroatoms. The number of aldehydes is 1. The molecule has 3 atom stereocenters. The molecule has 25 heavy (non-hydrogen) atoms. The standard InChI is InChI=1S/C18H30N4O3/c19-16(12-6-7-12)10-22(20)17(13-4-2-1-3-5-13)18(25)21-9-15(24)8-14(21)11-23/h10-15,17,24H,1-9,19-20H2/b16-10-/t14-,15+,17?/m0/s1. The van der Waals surface area contributed by atoms with E-state index in [0.29, 0.717) is 12.3 Å². The molecular weight excluding hydrogens is 320 g/mol. The van der Waals surface area contributed by atoms with E-state index in [0.717, 1.165) is 50.5 Å². The summed E-state index contributed by atoms with van der Waals surface area (Å²) in [5.74, 6) is 6.65.